The summed E-state index contributed by atoms with van der Waals surface area (Å²) >= 11 is 0. The molecule has 2 N–H and O–H groups in total. The summed E-state index contributed by atoms with van der Waals surface area (Å²) < 4.78 is 10.5. The number of nitrogens with zero attached hydrogens (tertiary/aromatic N) is 2. The number of methoxy groups -OCH3 is 1. The first-order valence-electron chi connectivity index (χ1n) is 11.8. The van der Waals surface area contributed by atoms with Crippen molar-refractivity contribution in [3.8, 4) is 5.75 Å². The van der Waals surface area contributed by atoms with Crippen LogP contribution in [0.25, 0.3) is 10.9 Å². The predicted octanol–water partition coefficient (Wildman–Crippen LogP) is 4.50. The van der Waals surface area contributed by atoms with Crippen LogP contribution >= 0.6 is 0 Å². The molecule has 1 heterocycles. The summed E-state index contributed by atoms with van der Waals surface area (Å²) in [6.45, 7) is 8.72. The van der Waals surface area contributed by atoms with Crippen LogP contribution in [0.3, 0.4) is 0 Å². The number of ether oxygens (including phenoxy) is 2. The standard InChI is InChI=1S/C17H15NO.C11H22N2O3/c1-13-11-14(12-19-15-7-3-2-4-8-15)16-9-5-6-10-17(16)18-13;1-8(2)7-10(11(15)16-4)13(6-5-12)9(3)14/h2-11H,12H2,1H3;8,10H,5-7,12H2,1-4H3. The van der Waals surface area contributed by atoms with Gasteiger partial charge in [0, 0.05) is 36.7 Å². The number of carbonyl (C=O) groups is 2. The highest BCUT2D eigenvalue weighted by molar-refractivity contribution is 5.83. The summed E-state index contributed by atoms with van der Waals surface area (Å²) in [5.74, 6) is 0.670. The van der Waals surface area contributed by atoms with E-state index in [1.165, 1.54) is 24.5 Å². The molecule has 0 aliphatic rings. The minimum atomic E-state index is -0.522. The lowest BCUT2D eigenvalue weighted by Crippen LogP contribution is -2.47. The molecule has 3 rings (SSSR count). The zero-order valence-electron chi connectivity index (χ0n) is 21.4. The van der Waals surface area contributed by atoms with Crippen molar-refractivity contribution in [2.75, 3.05) is 20.2 Å². The number of rotatable bonds is 9. The SMILES string of the molecule is COC(=O)C(CC(C)C)N(CCN)C(C)=O.Cc1cc(COc2ccccc2)c2ccccc2n1. The summed E-state index contributed by atoms with van der Waals surface area (Å²) in [5, 5.41) is 1.16. The summed E-state index contributed by atoms with van der Waals surface area (Å²) in [5.41, 5.74) is 8.65. The molecule has 0 saturated heterocycles. The van der Waals surface area contributed by atoms with Gasteiger partial charge in [0.2, 0.25) is 5.91 Å². The van der Waals surface area contributed by atoms with Crippen molar-refractivity contribution in [2.45, 2.75) is 46.8 Å². The van der Waals surface area contributed by atoms with E-state index in [0.29, 0.717) is 32.0 Å². The second kappa shape index (κ2) is 14.1. The molecule has 1 amide bonds. The molecule has 0 aliphatic heterocycles. The third-order valence-corrected chi connectivity index (χ3v) is 5.39. The van der Waals surface area contributed by atoms with Gasteiger partial charge in [-0.15, -0.1) is 0 Å². The van der Waals surface area contributed by atoms with E-state index in [4.69, 9.17) is 15.2 Å². The summed E-state index contributed by atoms with van der Waals surface area (Å²) in [4.78, 5) is 29.1. The molecule has 1 unspecified atom stereocenters. The van der Waals surface area contributed by atoms with Crippen LogP contribution in [0.5, 0.6) is 5.75 Å². The van der Waals surface area contributed by atoms with Crippen molar-refractivity contribution in [1.29, 1.82) is 0 Å². The van der Waals surface area contributed by atoms with Gasteiger partial charge in [-0.25, -0.2) is 4.79 Å². The summed E-state index contributed by atoms with van der Waals surface area (Å²) in [7, 11) is 1.33. The Balaban J connectivity index is 0.000000252. The number of esters is 1. The van der Waals surface area contributed by atoms with Crippen molar-refractivity contribution < 1.29 is 19.1 Å². The fraction of sp³-hybridized carbons (Fsp3) is 0.393. The number of carbonyl (C=O) groups excluding carboxylic acids is 2. The van der Waals surface area contributed by atoms with E-state index in [2.05, 4.69) is 17.1 Å². The maximum atomic E-state index is 11.6. The highest BCUT2D eigenvalue weighted by atomic mass is 16.5. The first kappa shape index (κ1) is 27.8. The van der Waals surface area contributed by atoms with Gasteiger partial charge in [0.05, 0.1) is 12.6 Å². The average molecular weight is 480 g/mol. The van der Waals surface area contributed by atoms with Gasteiger partial charge >= 0.3 is 5.97 Å². The molecule has 188 valence electrons. The molecular weight excluding hydrogens is 442 g/mol. The van der Waals surface area contributed by atoms with Crippen LogP contribution in [0.1, 0.15) is 38.4 Å². The van der Waals surface area contributed by atoms with Gasteiger partial charge in [-0.2, -0.15) is 0 Å². The Hall–Kier alpha value is -3.45. The first-order chi connectivity index (χ1) is 16.8. The number of hydrogen-bond acceptors (Lipinski definition) is 6. The minimum Gasteiger partial charge on any atom is -0.489 e. The van der Waals surface area contributed by atoms with Gasteiger partial charge in [0.25, 0.3) is 0 Å². The number of nitrogens with two attached hydrogens (primary N) is 1. The highest BCUT2D eigenvalue weighted by Gasteiger charge is 2.28. The molecule has 0 fully saturated rings. The van der Waals surface area contributed by atoms with Crippen molar-refractivity contribution in [3.05, 3.63) is 71.9 Å². The number of pyridine rings is 1. The Morgan fingerprint density at radius 2 is 1.71 bits per heavy atom. The van der Waals surface area contributed by atoms with E-state index in [1.807, 2.05) is 69.3 Å². The van der Waals surface area contributed by atoms with Crippen LogP contribution in [0.15, 0.2) is 60.7 Å². The second-order valence-corrected chi connectivity index (χ2v) is 8.71. The number of amides is 1. The predicted molar refractivity (Wildman–Crippen MR) is 139 cm³/mol. The number of benzene rings is 2. The van der Waals surface area contributed by atoms with Crippen molar-refractivity contribution in [3.63, 3.8) is 0 Å². The van der Waals surface area contributed by atoms with E-state index in [9.17, 15) is 9.59 Å². The van der Waals surface area contributed by atoms with Gasteiger partial charge in [0.15, 0.2) is 0 Å². The van der Waals surface area contributed by atoms with E-state index in [-0.39, 0.29) is 11.9 Å². The number of aryl methyl sites for hydroxylation is 1. The Labute approximate surface area is 208 Å². The third-order valence-electron chi connectivity index (χ3n) is 5.39. The minimum absolute atomic E-state index is 0.151. The van der Waals surface area contributed by atoms with Crippen LogP contribution in [-0.4, -0.2) is 48.0 Å². The fourth-order valence-corrected chi connectivity index (χ4v) is 3.80. The number of fused-ring (bicyclic) bond motifs is 1. The summed E-state index contributed by atoms with van der Waals surface area (Å²) in [6.07, 6.45) is 0.590. The number of aromatic nitrogens is 1. The maximum Gasteiger partial charge on any atom is 0.328 e. The van der Waals surface area contributed by atoms with Gasteiger partial charge in [-0.05, 0) is 43.5 Å². The third kappa shape index (κ3) is 8.68. The molecule has 35 heavy (non-hydrogen) atoms. The molecule has 7 nitrogen and oxygen atoms in total. The van der Waals surface area contributed by atoms with Crippen molar-refractivity contribution >= 4 is 22.8 Å². The topological polar surface area (TPSA) is 94.8 Å². The Kier molecular flexibility index (Phi) is 11.2. The molecule has 1 atom stereocenters. The summed E-state index contributed by atoms with van der Waals surface area (Å²) in [6, 6.07) is 19.6. The molecule has 1 aromatic heterocycles. The lowest BCUT2D eigenvalue weighted by atomic mass is 10.0. The van der Waals surface area contributed by atoms with Crippen LogP contribution in [0.4, 0.5) is 0 Å². The van der Waals surface area contributed by atoms with Crippen LogP contribution in [-0.2, 0) is 20.9 Å². The van der Waals surface area contributed by atoms with E-state index < -0.39 is 6.04 Å². The second-order valence-electron chi connectivity index (χ2n) is 8.71. The molecule has 0 bridgehead atoms. The monoisotopic (exact) mass is 479 g/mol. The molecule has 2 aromatic carbocycles. The molecular formula is C28H37N3O4. The smallest absolute Gasteiger partial charge is 0.328 e. The van der Waals surface area contributed by atoms with E-state index >= 15 is 0 Å². The Morgan fingerprint density at radius 1 is 1.06 bits per heavy atom. The zero-order chi connectivity index (χ0) is 25.8. The van der Waals surface area contributed by atoms with E-state index in [1.54, 1.807) is 0 Å². The zero-order valence-corrected chi connectivity index (χ0v) is 21.4. The van der Waals surface area contributed by atoms with E-state index in [0.717, 1.165) is 22.3 Å². The average Bonchev–Trinajstić information content (AvgIpc) is 2.84. The maximum absolute atomic E-state index is 11.6. The normalized spacial score (nSPS) is 11.4. The van der Waals surface area contributed by atoms with Gasteiger partial charge < -0.3 is 20.1 Å². The van der Waals surface area contributed by atoms with Crippen LogP contribution in [0, 0.1) is 12.8 Å². The fourth-order valence-electron chi connectivity index (χ4n) is 3.80. The van der Waals surface area contributed by atoms with Gasteiger partial charge in [-0.3, -0.25) is 9.78 Å². The quantitative estimate of drug-likeness (QED) is 0.454. The molecule has 3 aromatic rings. The van der Waals surface area contributed by atoms with Crippen LogP contribution in [0.2, 0.25) is 0 Å². The van der Waals surface area contributed by atoms with Crippen LogP contribution < -0.4 is 10.5 Å². The van der Waals surface area contributed by atoms with Gasteiger partial charge in [0.1, 0.15) is 18.4 Å². The Morgan fingerprint density at radius 3 is 2.31 bits per heavy atom. The Bertz CT molecular complexity index is 1090. The van der Waals surface area contributed by atoms with Crippen molar-refractivity contribution in [1.82, 2.24) is 9.88 Å². The molecule has 0 saturated carbocycles. The largest absolute Gasteiger partial charge is 0.489 e. The lowest BCUT2D eigenvalue weighted by Gasteiger charge is -2.29. The number of para-hydroxylation sites is 2. The first-order valence-corrected chi connectivity index (χ1v) is 11.8. The van der Waals surface area contributed by atoms with Gasteiger partial charge in [-0.1, -0.05) is 50.2 Å². The lowest BCUT2D eigenvalue weighted by molar-refractivity contribution is -0.152. The molecule has 0 radical (unpaired) electrons. The molecule has 0 aliphatic carbocycles. The highest BCUT2D eigenvalue weighted by Crippen LogP contribution is 2.20. The molecule has 0 spiro atoms. The molecule has 7 heteroatoms. The number of hydrogen-bond donors (Lipinski definition) is 1. The van der Waals surface area contributed by atoms with Crippen molar-refractivity contribution in [2.24, 2.45) is 11.7 Å².